The van der Waals surface area contributed by atoms with Crippen molar-refractivity contribution < 1.29 is 4.39 Å². The fourth-order valence-corrected chi connectivity index (χ4v) is 2.01. The summed E-state index contributed by atoms with van der Waals surface area (Å²) in [5.74, 6) is 0.823. The molecule has 1 aromatic rings. The quantitative estimate of drug-likeness (QED) is 0.829. The maximum atomic E-state index is 14.2. The Bertz CT molecular complexity index is 335. The van der Waals surface area contributed by atoms with Crippen LogP contribution in [-0.2, 0) is 6.42 Å². The Morgan fingerprint density at radius 2 is 2.00 bits per heavy atom. The number of alkyl halides is 1. The first-order chi connectivity index (χ1) is 7.97. The van der Waals surface area contributed by atoms with Crippen LogP contribution < -0.4 is 5.73 Å². The molecule has 1 aromatic heterocycles. The van der Waals surface area contributed by atoms with Gasteiger partial charge in [-0.25, -0.2) is 14.1 Å². The molecule has 98 valence electrons. The van der Waals surface area contributed by atoms with E-state index < -0.39 is 6.17 Å². The summed E-state index contributed by atoms with van der Waals surface area (Å²) in [5.41, 5.74) is 5.62. The van der Waals surface area contributed by atoms with E-state index in [1.165, 1.54) is 6.33 Å². The van der Waals surface area contributed by atoms with Gasteiger partial charge in [-0.05, 0) is 26.3 Å². The molecule has 0 aliphatic heterocycles. The van der Waals surface area contributed by atoms with Crippen molar-refractivity contribution in [2.45, 2.75) is 46.3 Å². The molecule has 0 saturated heterocycles. The lowest BCUT2D eigenvalue weighted by molar-refractivity contribution is 0.180. The van der Waals surface area contributed by atoms with E-state index in [4.69, 9.17) is 5.73 Å². The standard InChI is InChI=1S/C12H23FN4/c1-8(2)10(6-14)11(13)5-12-15-7-16-17(12)9(3)4/h7-11H,5-6,14H2,1-4H3. The SMILES string of the molecule is CC(C)C(CN)C(F)Cc1ncnn1C(C)C. The lowest BCUT2D eigenvalue weighted by Crippen LogP contribution is -2.31. The molecule has 4 nitrogen and oxygen atoms in total. The minimum absolute atomic E-state index is 0.118. The summed E-state index contributed by atoms with van der Waals surface area (Å²) in [5, 5.41) is 4.11. The molecule has 0 saturated carbocycles. The normalized spacial score (nSPS) is 15.5. The van der Waals surface area contributed by atoms with Crippen LogP contribution in [-0.4, -0.2) is 27.5 Å². The Labute approximate surface area is 102 Å². The van der Waals surface area contributed by atoms with Crippen LogP contribution in [0.25, 0.3) is 0 Å². The van der Waals surface area contributed by atoms with Gasteiger partial charge in [0, 0.05) is 18.4 Å². The first-order valence-corrected chi connectivity index (χ1v) is 6.19. The van der Waals surface area contributed by atoms with Gasteiger partial charge >= 0.3 is 0 Å². The Kier molecular flexibility index (Phi) is 5.05. The predicted octanol–water partition coefficient (Wildman–Crippen LogP) is 1.97. The van der Waals surface area contributed by atoms with Crippen molar-refractivity contribution in [3.8, 4) is 0 Å². The number of aromatic nitrogens is 3. The summed E-state index contributed by atoms with van der Waals surface area (Å²) in [6, 6.07) is 0.204. The van der Waals surface area contributed by atoms with E-state index in [1.54, 1.807) is 4.68 Å². The Balaban J connectivity index is 2.73. The van der Waals surface area contributed by atoms with E-state index in [-0.39, 0.29) is 24.3 Å². The number of nitrogens with zero attached hydrogens (tertiary/aromatic N) is 3. The summed E-state index contributed by atoms with van der Waals surface area (Å²) in [6.45, 7) is 8.38. The van der Waals surface area contributed by atoms with E-state index in [1.807, 2.05) is 27.7 Å². The van der Waals surface area contributed by atoms with Gasteiger partial charge in [0.05, 0.1) is 0 Å². The maximum Gasteiger partial charge on any atom is 0.138 e. The number of nitrogens with two attached hydrogens (primary N) is 1. The van der Waals surface area contributed by atoms with Gasteiger partial charge in [0.2, 0.25) is 0 Å². The number of rotatable bonds is 6. The zero-order valence-electron chi connectivity index (χ0n) is 11.1. The summed E-state index contributed by atoms with van der Waals surface area (Å²) in [4.78, 5) is 4.12. The summed E-state index contributed by atoms with van der Waals surface area (Å²) >= 11 is 0. The number of halogens is 1. The van der Waals surface area contributed by atoms with Gasteiger partial charge in [0.1, 0.15) is 18.3 Å². The second kappa shape index (κ2) is 6.10. The topological polar surface area (TPSA) is 56.7 Å². The van der Waals surface area contributed by atoms with Gasteiger partial charge in [0.15, 0.2) is 0 Å². The smallest absolute Gasteiger partial charge is 0.138 e. The molecule has 2 N–H and O–H groups in total. The number of hydrogen-bond donors (Lipinski definition) is 1. The van der Waals surface area contributed by atoms with E-state index in [0.29, 0.717) is 12.4 Å². The minimum Gasteiger partial charge on any atom is -0.330 e. The lowest BCUT2D eigenvalue weighted by atomic mass is 9.89. The lowest BCUT2D eigenvalue weighted by Gasteiger charge is -2.23. The van der Waals surface area contributed by atoms with Crippen molar-refractivity contribution in [2.24, 2.45) is 17.6 Å². The van der Waals surface area contributed by atoms with E-state index in [0.717, 1.165) is 0 Å². The van der Waals surface area contributed by atoms with Crippen molar-refractivity contribution >= 4 is 0 Å². The zero-order valence-corrected chi connectivity index (χ0v) is 11.1. The van der Waals surface area contributed by atoms with Crippen LogP contribution in [0.5, 0.6) is 0 Å². The first-order valence-electron chi connectivity index (χ1n) is 6.19. The molecule has 2 unspecified atom stereocenters. The minimum atomic E-state index is -0.957. The van der Waals surface area contributed by atoms with Crippen LogP contribution in [0, 0.1) is 11.8 Å². The van der Waals surface area contributed by atoms with E-state index in [9.17, 15) is 4.39 Å². The van der Waals surface area contributed by atoms with Crippen molar-refractivity contribution in [3.05, 3.63) is 12.2 Å². The predicted molar refractivity (Wildman–Crippen MR) is 66.4 cm³/mol. The van der Waals surface area contributed by atoms with Crippen LogP contribution in [0.3, 0.4) is 0 Å². The summed E-state index contributed by atoms with van der Waals surface area (Å²) < 4.78 is 15.9. The van der Waals surface area contributed by atoms with Crippen molar-refractivity contribution in [3.63, 3.8) is 0 Å². The van der Waals surface area contributed by atoms with Crippen LogP contribution in [0.1, 0.15) is 39.6 Å². The molecule has 1 rings (SSSR count). The highest BCUT2D eigenvalue weighted by Crippen LogP contribution is 2.20. The van der Waals surface area contributed by atoms with Crippen LogP contribution in [0.2, 0.25) is 0 Å². The maximum absolute atomic E-state index is 14.2. The first kappa shape index (κ1) is 14.1. The Hall–Kier alpha value is -0.970. The van der Waals surface area contributed by atoms with Gasteiger partial charge < -0.3 is 5.73 Å². The van der Waals surface area contributed by atoms with Gasteiger partial charge in [-0.15, -0.1) is 0 Å². The summed E-state index contributed by atoms with van der Waals surface area (Å²) in [7, 11) is 0. The zero-order chi connectivity index (χ0) is 13.0. The second-order valence-corrected chi connectivity index (χ2v) is 5.08. The molecule has 0 bridgehead atoms. The van der Waals surface area contributed by atoms with Crippen LogP contribution >= 0.6 is 0 Å². The molecule has 5 heteroatoms. The molecule has 0 amide bonds. The highest BCUT2D eigenvalue weighted by molar-refractivity contribution is 4.91. The van der Waals surface area contributed by atoms with Crippen molar-refractivity contribution in [1.29, 1.82) is 0 Å². The molecule has 0 radical (unpaired) electrons. The molecule has 2 atom stereocenters. The highest BCUT2D eigenvalue weighted by atomic mass is 19.1. The van der Waals surface area contributed by atoms with E-state index >= 15 is 0 Å². The van der Waals surface area contributed by atoms with Crippen LogP contribution in [0.4, 0.5) is 4.39 Å². The van der Waals surface area contributed by atoms with Crippen molar-refractivity contribution in [1.82, 2.24) is 14.8 Å². The molecule has 0 aliphatic rings. The fourth-order valence-electron chi connectivity index (χ4n) is 2.01. The molecule has 0 aliphatic carbocycles. The molecule has 0 aromatic carbocycles. The molecule has 0 spiro atoms. The third-order valence-electron chi connectivity index (χ3n) is 3.11. The van der Waals surface area contributed by atoms with Crippen LogP contribution in [0.15, 0.2) is 6.33 Å². The average molecular weight is 242 g/mol. The second-order valence-electron chi connectivity index (χ2n) is 5.08. The summed E-state index contributed by atoms with van der Waals surface area (Å²) in [6.07, 6.45) is 0.814. The van der Waals surface area contributed by atoms with Gasteiger partial charge in [0.25, 0.3) is 0 Å². The third kappa shape index (κ3) is 3.49. The molecule has 1 heterocycles. The van der Waals surface area contributed by atoms with Gasteiger partial charge in [-0.1, -0.05) is 13.8 Å². The van der Waals surface area contributed by atoms with Gasteiger partial charge in [-0.2, -0.15) is 5.10 Å². The molecular weight excluding hydrogens is 219 g/mol. The third-order valence-corrected chi connectivity index (χ3v) is 3.11. The molecular formula is C12H23FN4. The Morgan fingerprint density at radius 3 is 2.47 bits per heavy atom. The van der Waals surface area contributed by atoms with Crippen molar-refractivity contribution in [2.75, 3.05) is 6.54 Å². The molecule has 0 fully saturated rings. The highest BCUT2D eigenvalue weighted by Gasteiger charge is 2.25. The van der Waals surface area contributed by atoms with E-state index in [2.05, 4.69) is 10.1 Å². The Morgan fingerprint density at radius 1 is 1.35 bits per heavy atom. The monoisotopic (exact) mass is 242 g/mol. The van der Waals surface area contributed by atoms with Gasteiger partial charge in [-0.3, -0.25) is 0 Å². The molecule has 17 heavy (non-hydrogen) atoms. The largest absolute Gasteiger partial charge is 0.330 e. The average Bonchev–Trinajstić information content (AvgIpc) is 2.66. The number of hydrogen-bond acceptors (Lipinski definition) is 3. The fraction of sp³-hybridized carbons (Fsp3) is 0.833.